The lowest BCUT2D eigenvalue weighted by molar-refractivity contribution is -0.385. The summed E-state index contributed by atoms with van der Waals surface area (Å²) in [7, 11) is 1.71. The molecule has 9 heteroatoms. The van der Waals surface area contributed by atoms with Crippen molar-refractivity contribution in [3.05, 3.63) is 79.9 Å². The number of hydrogen-bond donors (Lipinski definition) is 1. The topological polar surface area (TPSA) is 119 Å². The van der Waals surface area contributed by atoms with Crippen LogP contribution in [0.2, 0.25) is 0 Å². The molecule has 2 aromatic rings. The van der Waals surface area contributed by atoms with Crippen LogP contribution in [0.1, 0.15) is 11.1 Å². The van der Waals surface area contributed by atoms with Gasteiger partial charge in [-0.25, -0.2) is 0 Å². The van der Waals surface area contributed by atoms with Crippen molar-refractivity contribution in [1.29, 1.82) is 0 Å². The van der Waals surface area contributed by atoms with Gasteiger partial charge >= 0.3 is 0 Å². The Kier molecular flexibility index (Phi) is 5.13. The minimum Gasteiger partial charge on any atom is -0.329 e. The zero-order chi connectivity index (χ0) is 19.6. The van der Waals surface area contributed by atoms with E-state index in [4.69, 9.17) is 0 Å². The van der Waals surface area contributed by atoms with Gasteiger partial charge in [0.05, 0.1) is 22.1 Å². The molecule has 1 aliphatic rings. The minimum atomic E-state index is -0.462. The van der Waals surface area contributed by atoms with Crippen LogP contribution < -0.4 is 5.32 Å². The number of benzene rings is 2. The van der Waals surface area contributed by atoms with E-state index in [1.807, 2.05) is 0 Å². The fourth-order valence-corrected chi connectivity index (χ4v) is 3.12. The molecular formula is C18H18N4O5. The van der Waals surface area contributed by atoms with Crippen molar-refractivity contribution in [1.82, 2.24) is 10.2 Å². The van der Waals surface area contributed by atoms with Gasteiger partial charge in [-0.2, -0.15) is 0 Å². The fraction of sp³-hybridized carbons (Fsp3) is 0.278. The SMILES string of the molecule is CN1C(=O)[C@H](Cc2ccc([N+](=O)[O-])cc2)N[C@H]1Cc1ccc([N+](=O)[O-])cc1. The van der Waals surface area contributed by atoms with Crippen LogP contribution in [0.25, 0.3) is 0 Å². The number of nitrogens with one attached hydrogen (secondary N) is 1. The first-order valence-electron chi connectivity index (χ1n) is 8.34. The average molecular weight is 370 g/mol. The first kappa shape index (κ1) is 18.5. The van der Waals surface area contributed by atoms with Crippen LogP contribution in [-0.2, 0) is 17.6 Å². The molecule has 0 radical (unpaired) electrons. The minimum absolute atomic E-state index is 0.0117. The van der Waals surface area contributed by atoms with Gasteiger partial charge in [0.2, 0.25) is 5.91 Å². The lowest BCUT2D eigenvalue weighted by Gasteiger charge is -2.19. The van der Waals surface area contributed by atoms with Crippen LogP contribution >= 0.6 is 0 Å². The summed E-state index contributed by atoms with van der Waals surface area (Å²) in [6.45, 7) is 0. The lowest BCUT2D eigenvalue weighted by Crippen LogP contribution is -2.37. The number of nitro groups is 2. The van der Waals surface area contributed by atoms with Gasteiger partial charge in [-0.05, 0) is 17.5 Å². The molecule has 0 unspecified atom stereocenters. The van der Waals surface area contributed by atoms with Crippen molar-refractivity contribution >= 4 is 17.3 Å². The van der Waals surface area contributed by atoms with E-state index in [1.54, 1.807) is 36.2 Å². The van der Waals surface area contributed by atoms with Gasteiger partial charge in [0.15, 0.2) is 0 Å². The lowest BCUT2D eigenvalue weighted by atomic mass is 10.1. The molecule has 140 valence electrons. The zero-order valence-corrected chi connectivity index (χ0v) is 14.6. The number of likely N-dealkylation sites (N-methyl/N-ethyl adjacent to an activating group) is 1. The Balaban J connectivity index is 1.65. The number of carbonyl (C=O) groups excluding carboxylic acids is 1. The van der Waals surface area contributed by atoms with Gasteiger partial charge in [0, 0.05) is 37.7 Å². The molecule has 0 spiro atoms. The second kappa shape index (κ2) is 7.50. The van der Waals surface area contributed by atoms with E-state index in [2.05, 4.69) is 5.32 Å². The van der Waals surface area contributed by atoms with Crippen LogP contribution in [-0.4, -0.2) is 39.9 Å². The molecule has 2 atom stereocenters. The molecule has 0 saturated carbocycles. The Labute approximate surface area is 154 Å². The standard InChI is InChI=1S/C18H18N4O5/c1-20-17(11-13-4-8-15(9-5-13)22(26)27)19-16(18(20)23)10-12-2-6-14(7-3-12)21(24)25/h2-9,16-17,19H,10-11H2,1H3/t16-,17+/m0/s1. The third-order valence-electron chi connectivity index (χ3n) is 4.67. The quantitative estimate of drug-likeness (QED) is 0.614. The number of nitrogens with zero attached hydrogens (tertiary/aromatic N) is 3. The molecule has 9 nitrogen and oxygen atoms in total. The van der Waals surface area contributed by atoms with Crippen LogP contribution in [0.3, 0.4) is 0 Å². The molecule has 0 bridgehead atoms. The van der Waals surface area contributed by atoms with E-state index < -0.39 is 15.9 Å². The number of amides is 1. The Morgan fingerprint density at radius 2 is 1.33 bits per heavy atom. The number of non-ortho nitro benzene ring substituents is 2. The number of nitro benzene ring substituents is 2. The highest BCUT2D eigenvalue weighted by molar-refractivity contribution is 5.84. The van der Waals surface area contributed by atoms with E-state index in [-0.39, 0.29) is 23.4 Å². The van der Waals surface area contributed by atoms with E-state index >= 15 is 0 Å². The van der Waals surface area contributed by atoms with E-state index in [0.29, 0.717) is 12.8 Å². The number of hydrogen-bond acceptors (Lipinski definition) is 6. The summed E-state index contributed by atoms with van der Waals surface area (Å²) in [5, 5.41) is 24.7. The Bertz CT molecular complexity index is 866. The number of rotatable bonds is 6. The highest BCUT2D eigenvalue weighted by Crippen LogP contribution is 2.20. The molecule has 1 heterocycles. The summed E-state index contributed by atoms with van der Waals surface area (Å²) in [6, 6.07) is 12.0. The Hall–Kier alpha value is -3.33. The van der Waals surface area contributed by atoms with Gasteiger partial charge in [0.25, 0.3) is 11.4 Å². The molecule has 1 N–H and O–H groups in total. The molecule has 1 saturated heterocycles. The van der Waals surface area contributed by atoms with Crippen molar-refractivity contribution in [3.63, 3.8) is 0 Å². The van der Waals surface area contributed by atoms with Crippen LogP contribution in [0, 0.1) is 20.2 Å². The van der Waals surface area contributed by atoms with Gasteiger partial charge < -0.3 is 4.90 Å². The second-order valence-corrected chi connectivity index (χ2v) is 6.44. The van der Waals surface area contributed by atoms with Crippen LogP contribution in [0.4, 0.5) is 11.4 Å². The van der Waals surface area contributed by atoms with E-state index in [0.717, 1.165) is 11.1 Å². The van der Waals surface area contributed by atoms with Crippen molar-refractivity contribution in [2.75, 3.05) is 7.05 Å². The van der Waals surface area contributed by atoms with Gasteiger partial charge in [-0.15, -0.1) is 0 Å². The summed E-state index contributed by atoms with van der Waals surface area (Å²) in [4.78, 5) is 34.7. The predicted octanol–water partition coefficient (Wildman–Crippen LogP) is 2.04. The average Bonchev–Trinajstić information content (AvgIpc) is 2.90. The third-order valence-corrected chi connectivity index (χ3v) is 4.67. The molecule has 1 fully saturated rings. The molecule has 2 aromatic carbocycles. The first-order valence-corrected chi connectivity index (χ1v) is 8.34. The molecule has 0 aliphatic carbocycles. The van der Waals surface area contributed by atoms with E-state index in [9.17, 15) is 25.0 Å². The molecule has 1 amide bonds. The molecule has 0 aromatic heterocycles. The van der Waals surface area contributed by atoms with Crippen molar-refractivity contribution in [2.45, 2.75) is 25.0 Å². The first-order chi connectivity index (χ1) is 12.8. The van der Waals surface area contributed by atoms with Gasteiger partial charge in [-0.3, -0.25) is 30.3 Å². The summed E-state index contributed by atoms with van der Waals surface area (Å²) in [6.07, 6.45) is 0.733. The smallest absolute Gasteiger partial charge is 0.269 e. The predicted molar refractivity (Wildman–Crippen MR) is 97.1 cm³/mol. The highest BCUT2D eigenvalue weighted by atomic mass is 16.6. The van der Waals surface area contributed by atoms with Crippen molar-refractivity contribution < 1.29 is 14.6 Å². The maximum Gasteiger partial charge on any atom is 0.269 e. The zero-order valence-electron chi connectivity index (χ0n) is 14.6. The van der Waals surface area contributed by atoms with Gasteiger partial charge in [-0.1, -0.05) is 24.3 Å². The maximum absolute atomic E-state index is 12.5. The molecule has 3 rings (SSSR count). The summed E-state index contributed by atoms with van der Waals surface area (Å²) >= 11 is 0. The third kappa shape index (κ3) is 4.09. The number of carbonyl (C=O) groups is 1. The summed E-state index contributed by atoms with van der Waals surface area (Å²) in [5.41, 5.74) is 1.75. The monoisotopic (exact) mass is 370 g/mol. The summed E-state index contributed by atoms with van der Waals surface area (Å²) in [5.74, 6) is -0.0553. The second-order valence-electron chi connectivity index (χ2n) is 6.44. The molecular weight excluding hydrogens is 352 g/mol. The Morgan fingerprint density at radius 1 is 0.889 bits per heavy atom. The largest absolute Gasteiger partial charge is 0.329 e. The Morgan fingerprint density at radius 3 is 1.78 bits per heavy atom. The maximum atomic E-state index is 12.5. The molecule has 1 aliphatic heterocycles. The summed E-state index contributed by atoms with van der Waals surface area (Å²) < 4.78 is 0. The van der Waals surface area contributed by atoms with Crippen molar-refractivity contribution in [3.8, 4) is 0 Å². The van der Waals surface area contributed by atoms with E-state index in [1.165, 1.54) is 24.3 Å². The van der Waals surface area contributed by atoms with Crippen LogP contribution in [0.15, 0.2) is 48.5 Å². The van der Waals surface area contributed by atoms with Crippen molar-refractivity contribution in [2.24, 2.45) is 0 Å². The molecule has 27 heavy (non-hydrogen) atoms. The normalized spacial score (nSPS) is 19.3. The fourth-order valence-electron chi connectivity index (χ4n) is 3.12. The van der Waals surface area contributed by atoms with Gasteiger partial charge in [0.1, 0.15) is 0 Å². The van der Waals surface area contributed by atoms with Crippen LogP contribution in [0.5, 0.6) is 0 Å². The highest BCUT2D eigenvalue weighted by Gasteiger charge is 2.36.